The maximum Gasteiger partial charge on any atom is 0.349 e. The molecule has 1 saturated carbocycles. The molecule has 20 heavy (non-hydrogen) atoms. The predicted molar refractivity (Wildman–Crippen MR) is 77.5 cm³/mol. The third-order valence-corrected chi connectivity index (χ3v) is 4.03. The second kappa shape index (κ2) is 5.15. The number of H-pyrrole nitrogens is 1. The van der Waals surface area contributed by atoms with Crippen molar-refractivity contribution in [2.45, 2.75) is 45.1 Å². The van der Waals surface area contributed by atoms with E-state index in [-0.39, 0.29) is 17.4 Å². The molecule has 2 aromatic rings. The molecule has 0 saturated heterocycles. The summed E-state index contributed by atoms with van der Waals surface area (Å²) in [7, 11) is 0. The van der Waals surface area contributed by atoms with E-state index < -0.39 is 0 Å². The molecule has 1 aliphatic carbocycles. The Morgan fingerprint density at radius 3 is 2.30 bits per heavy atom. The van der Waals surface area contributed by atoms with Gasteiger partial charge in [-0.25, -0.2) is 14.3 Å². The van der Waals surface area contributed by atoms with E-state index in [4.69, 9.17) is 0 Å². The van der Waals surface area contributed by atoms with E-state index >= 15 is 0 Å². The number of aryl methyl sites for hydroxylation is 1. The van der Waals surface area contributed by atoms with E-state index in [1.54, 1.807) is 4.68 Å². The van der Waals surface area contributed by atoms with Crippen molar-refractivity contribution in [2.75, 3.05) is 0 Å². The Morgan fingerprint density at radius 2 is 1.65 bits per heavy atom. The maximum absolute atomic E-state index is 12.1. The second-order valence-electron chi connectivity index (χ2n) is 5.52. The van der Waals surface area contributed by atoms with Gasteiger partial charge in [-0.3, -0.25) is 4.98 Å². The molecule has 5 nitrogen and oxygen atoms in total. The molecule has 0 aliphatic heterocycles. The minimum atomic E-state index is -0.357. The van der Waals surface area contributed by atoms with Crippen LogP contribution in [-0.4, -0.2) is 14.3 Å². The van der Waals surface area contributed by atoms with Gasteiger partial charge in [-0.2, -0.15) is 4.68 Å². The van der Waals surface area contributed by atoms with Crippen molar-refractivity contribution >= 4 is 0 Å². The summed E-state index contributed by atoms with van der Waals surface area (Å²) in [6.07, 6.45) is 5.37. The van der Waals surface area contributed by atoms with Gasteiger partial charge in [0.2, 0.25) is 0 Å². The molecule has 106 valence electrons. The molecule has 3 rings (SSSR count). The van der Waals surface area contributed by atoms with Crippen molar-refractivity contribution < 1.29 is 0 Å². The molecule has 0 unspecified atom stereocenters. The standard InChI is InChI=1S/C15H19N3O2/c1-11-7-9-13(10-8-11)18-15(20)16-14(19)17(18)12-5-3-2-4-6-12/h7-10,12H,2-6H2,1H3,(H,16,19,20). The van der Waals surface area contributed by atoms with Crippen LogP contribution < -0.4 is 11.4 Å². The smallest absolute Gasteiger partial charge is 0.256 e. The third kappa shape index (κ3) is 2.24. The van der Waals surface area contributed by atoms with Crippen molar-refractivity contribution in [1.29, 1.82) is 0 Å². The van der Waals surface area contributed by atoms with Crippen LogP contribution in [0.25, 0.3) is 5.69 Å². The van der Waals surface area contributed by atoms with E-state index in [0.29, 0.717) is 0 Å². The summed E-state index contributed by atoms with van der Waals surface area (Å²) in [4.78, 5) is 26.6. The summed E-state index contributed by atoms with van der Waals surface area (Å²) < 4.78 is 3.09. The highest BCUT2D eigenvalue weighted by molar-refractivity contribution is 5.33. The van der Waals surface area contributed by atoms with Gasteiger partial charge < -0.3 is 0 Å². The van der Waals surface area contributed by atoms with Gasteiger partial charge in [0.05, 0.1) is 11.7 Å². The molecule has 1 heterocycles. The quantitative estimate of drug-likeness (QED) is 0.911. The molecule has 0 amide bonds. The Bertz CT molecular complexity index is 700. The van der Waals surface area contributed by atoms with Gasteiger partial charge >= 0.3 is 11.4 Å². The van der Waals surface area contributed by atoms with Gasteiger partial charge in [0.1, 0.15) is 0 Å². The lowest BCUT2D eigenvalue weighted by atomic mass is 9.96. The number of nitrogens with one attached hydrogen (secondary N) is 1. The number of rotatable bonds is 2. The Morgan fingerprint density at radius 1 is 1.00 bits per heavy atom. The van der Waals surface area contributed by atoms with Gasteiger partial charge in [0.15, 0.2) is 0 Å². The first-order valence-corrected chi connectivity index (χ1v) is 7.18. The van der Waals surface area contributed by atoms with E-state index in [0.717, 1.165) is 36.9 Å². The van der Waals surface area contributed by atoms with Crippen LogP contribution in [0.15, 0.2) is 33.9 Å². The Labute approximate surface area is 116 Å². The van der Waals surface area contributed by atoms with Crippen LogP contribution in [0.4, 0.5) is 0 Å². The zero-order valence-electron chi connectivity index (χ0n) is 11.6. The van der Waals surface area contributed by atoms with E-state index in [2.05, 4.69) is 4.98 Å². The number of aromatic nitrogens is 3. The molecule has 0 atom stereocenters. The number of benzene rings is 1. The van der Waals surface area contributed by atoms with Crippen LogP contribution in [0, 0.1) is 6.92 Å². The van der Waals surface area contributed by atoms with Crippen LogP contribution in [0.5, 0.6) is 0 Å². The zero-order valence-corrected chi connectivity index (χ0v) is 11.6. The molecule has 1 fully saturated rings. The zero-order chi connectivity index (χ0) is 14.1. The minimum Gasteiger partial charge on any atom is -0.256 e. The van der Waals surface area contributed by atoms with Gasteiger partial charge in [0, 0.05) is 0 Å². The summed E-state index contributed by atoms with van der Waals surface area (Å²) in [5, 5.41) is 0. The largest absolute Gasteiger partial charge is 0.349 e. The molecular weight excluding hydrogens is 254 g/mol. The molecular formula is C15H19N3O2. The van der Waals surface area contributed by atoms with Crippen LogP contribution >= 0.6 is 0 Å². The average Bonchev–Trinajstić information content (AvgIpc) is 2.75. The summed E-state index contributed by atoms with van der Waals surface area (Å²) in [6, 6.07) is 7.78. The van der Waals surface area contributed by atoms with Crippen LogP contribution in [-0.2, 0) is 0 Å². The Balaban J connectivity index is 2.12. The minimum absolute atomic E-state index is 0.122. The van der Waals surface area contributed by atoms with Crippen molar-refractivity contribution in [2.24, 2.45) is 0 Å². The molecule has 1 aliphatic rings. The summed E-state index contributed by atoms with van der Waals surface area (Å²) in [5.74, 6) is 0. The van der Waals surface area contributed by atoms with E-state index in [1.807, 2.05) is 31.2 Å². The van der Waals surface area contributed by atoms with Crippen molar-refractivity contribution in [1.82, 2.24) is 14.3 Å². The van der Waals surface area contributed by atoms with Gasteiger partial charge in [-0.15, -0.1) is 0 Å². The lowest BCUT2D eigenvalue weighted by Crippen LogP contribution is -2.30. The molecule has 0 bridgehead atoms. The summed E-state index contributed by atoms with van der Waals surface area (Å²) >= 11 is 0. The number of hydrogen-bond donors (Lipinski definition) is 1. The van der Waals surface area contributed by atoms with Crippen molar-refractivity contribution in [3.8, 4) is 5.69 Å². The molecule has 1 aromatic carbocycles. The number of aromatic amines is 1. The molecule has 1 N–H and O–H groups in total. The fourth-order valence-electron chi connectivity index (χ4n) is 2.97. The summed E-state index contributed by atoms with van der Waals surface area (Å²) in [6.45, 7) is 2.00. The third-order valence-electron chi connectivity index (χ3n) is 4.03. The molecule has 1 aromatic heterocycles. The highest BCUT2D eigenvalue weighted by atomic mass is 16.2. The first kappa shape index (κ1) is 13.0. The topological polar surface area (TPSA) is 59.8 Å². The van der Waals surface area contributed by atoms with E-state index in [1.165, 1.54) is 11.1 Å². The fraction of sp³-hybridized carbons (Fsp3) is 0.467. The van der Waals surface area contributed by atoms with Crippen molar-refractivity contribution in [3.63, 3.8) is 0 Å². The molecule has 0 spiro atoms. The first-order chi connectivity index (χ1) is 9.66. The second-order valence-corrected chi connectivity index (χ2v) is 5.52. The SMILES string of the molecule is Cc1ccc(-n2c(=O)[nH]c(=O)n2C2CCCCC2)cc1. The lowest BCUT2D eigenvalue weighted by Gasteiger charge is -2.24. The molecule has 5 heteroatoms. The van der Waals surface area contributed by atoms with Crippen LogP contribution in [0.2, 0.25) is 0 Å². The van der Waals surface area contributed by atoms with Gasteiger partial charge in [-0.1, -0.05) is 37.0 Å². The monoisotopic (exact) mass is 273 g/mol. The maximum atomic E-state index is 12.1. The highest BCUT2D eigenvalue weighted by Crippen LogP contribution is 2.27. The highest BCUT2D eigenvalue weighted by Gasteiger charge is 2.22. The lowest BCUT2D eigenvalue weighted by molar-refractivity contribution is 0.304. The summed E-state index contributed by atoms with van der Waals surface area (Å²) in [5.41, 5.74) is 1.21. The number of hydrogen-bond acceptors (Lipinski definition) is 2. The predicted octanol–water partition coefficient (Wildman–Crippen LogP) is 2.14. The number of nitrogens with zero attached hydrogens (tertiary/aromatic N) is 2. The normalized spacial score (nSPS) is 16.4. The van der Waals surface area contributed by atoms with E-state index in [9.17, 15) is 9.59 Å². The van der Waals surface area contributed by atoms with Crippen LogP contribution in [0.3, 0.4) is 0 Å². The Hall–Kier alpha value is -2.04. The first-order valence-electron chi connectivity index (χ1n) is 7.18. The van der Waals surface area contributed by atoms with Crippen molar-refractivity contribution in [3.05, 3.63) is 50.8 Å². The Kier molecular flexibility index (Phi) is 3.34. The average molecular weight is 273 g/mol. The van der Waals surface area contributed by atoms with Gasteiger partial charge in [-0.05, 0) is 31.9 Å². The van der Waals surface area contributed by atoms with Crippen LogP contribution in [0.1, 0.15) is 43.7 Å². The van der Waals surface area contributed by atoms with Gasteiger partial charge in [0.25, 0.3) is 0 Å². The molecule has 0 radical (unpaired) electrons. The fourth-order valence-corrected chi connectivity index (χ4v) is 2.97.